The zero-order chi connectivity index (χ0) is 76.9. The van der Waals surface area contributed by atoms with Crippen LogP contribution in [0, 0.1) is 17.5 Å². The molecule has 8 N–H and O–H groups in total. The molecule has 6 saturated heterocycles. The van der Waals surface area contributed by atoms with E-state index in [2.05, 4.69) is 59.8 Å². The largest absolute Gasteiger partial charge is 0.466 e. The molecule has 0 aliphatic carbocycles. The second-order valence-corrected chi connectivity index (χ2v) is 34.2. The fraction of sp³-hybridized carbons (Fsp3) is 0.409. The van der Waals surface area contributed by atoms with Crippen LogP contribution in [0.2, 0.25) is 15.1 Å². The van der Waals surface area contributed by atoms with Crippen LogP contribution >= 0.6 is 81.0 Å². The van der Waals surface area contributed by atoms with Crippen LogP contribution < -0.4 is 30.1 Å². The van der Waals surface area contributed by atoms with Gasteiger partial charge in [0.05, 0.1) is 56.2 Å². The molecular weight excluding hydrogens is 1660 g/mol. The first kappa shape index (κ1) is 87.9. The lowest BCUT2D eigenvalue weighted by Crippen LogP contribution is -2.53. The first-order chi connectivity index (χ1) is 51.7. The summed E-state index contributed by atoms with van der Waals surface area (Å²) < 4.78 is 152. The third kappa shape index (κ3) is 19.9. The van der Waals surface area contributed by atoms with Crippen molar-refractivity contribution in [3.05, 3.63) is 187 Å². The first-order valence-corrected chi connectivity index (χ1v) is 42.1. The number of ether oxygens (including phenoxy) is 3. The van der Waals surface area contributed by atoms with Gasteiger partial charge in [0.25, 0.3) is 30.6 Å². The quantitative estimate of drug-likeness (QED) is 0.0417. The second-order valence-electron chi connectivity index (χ2n) is 24.9. The number of nitrogens with zero attached hydrogens (tertiary/aromatic N) is 12. The van der Waals surface area contributed by atoms with E-state index in [9.17, 15) is 56.7 Å². The molecule has 15 rings (SSSR count). The van der Waals surface area contributed by atoms with Crippen molar-refractivity contribution >= 4 is 147 Å². The number of nitrogens with one attached hydrogen (secondary N) is 6. The third-order valence-corrected chi connectivity index (χ3v) is 26.6. The van der Waals surface area contributed by atoms with Crippen LogP contribution in [0.1, 0.15) is 64.7 Å². The highest BCUT2D eigenvalue weighted by molar-refractivity contribution is 7.93. The minimum Gasteiger partial charge on any atom is -0.466 e. The summed E-state index contributed by atoms with van der Waals surface area (Å²) >= 11 is 23.5. The van der Waals surface area contributed by atoms with Gasteiger partial charge in [-0.15, -0.1) is 34.0 Å². The number of esters is 3. The maximum absolute atomic E-state index is 13.8. The molecule has 0 spiro atoms. The van der Waals surface area contributed by atoms with E-state index >= 15 is 0 Å². The number of carbonyl (C=O) groups is 3. The minimum absolute atomic E-state index is 0. The standard InChI is InChI=1S/3C21H22ClFN6O4S2.CH3FS.2CH4.H2O/c3*1-33-21(30)17-16(11-28-5-6-29-13(10-28)9-25-35(29,31)32)26-19(20-24-4-7-34-20)27-18(17)14-3-2-12(23)8-15(14)22;1-3-2;;;/h3*2-4,7-8,13,18,25H,5-6,9-11H2,1H3,(H,26,27);1H3;2*1H4;1H2/t13?,18-;13-,18+;13-,18-;;;;/m010..../s1. The van der Waals surface area contributed by atoms with Crippen molar-refractivity contribution in [2.24, 2.45) is 15.0 Å². The molecule has 0 radical (unpaired) electrons. The average Bonchev–Trinajstić information content (AvgIpc) is 1.28. The Hall–Kier alpha value is -7.02. The summed E-state index contributed by atoms with van der Waals surface area (Å²) in [5.74, 6) is -1.92. The zero-order valence-corrected chi connectivity index (χ0v) is 66.0. The summed E-state index contributed by atoms with van der Waals surface area (Å²) in [7, 11) is -6.47. The Morgan fingerprint density at radius 1 is 0.486 bits per heavy atom. The van der Waals surface area contributed by atoms with Crippen molar-refractivity contribution in [1.82, 2.24) is 72.7 Å². The number of methoxy groups -OCH3 is 3. The van der Waals surface area contributed by atoms with Crippen LogP contribution in [0.5, 0.6) is 0 Å². The predicted molar refractivity (Wildman–Crippen MR) is 418 cm³/mol. The van der Waals surface area contributed by atoms with Crippen LogP contribution in [0.4, 0.5) is 17.1 Å². The van der Waals surface area contributed by atoms with Crippen molar-refractivity contribution in [2.75, 3.05) is 126 Å². The third-order valence-electron chi connectivity index (χ3n) is 18.4. The van der Waals surface area contributed by atoms with Crippen molar-refractivity contribution in [1.29, 1.82) is 0 Å². The van der Waals surface area contributed by atoms with Gasteiger partial charge in [-0.25, -0.2) is 56.7 Å². The second kappa shape index (κ2) is 38.0. The summed E-state index contributed by atoms with van der Waals surface area (Å²) in [5, 5.41) is 17.4. The van der Waals surface area contributed by atoms with E-state index in [1.165, 1.54) is 129 Å². The van der Waals surface area contributed by atoms with Crippen molar-refractivity contribution in [2.45, 2.75) is 51.1 Å². The van der Waals surface area contributed by atoms with Gasteiger partial charge in [0.1, 0.15) is 35.6 Å². The van der Waals surface area contributed by atoms with Gasteiger partial charge in [-0.1, -0.05) is 67.9 Å². The average molecular weight is 1740 g/mol. The molecule has 12 heterocycles. The Morgan fingerprint density at radius 3 is 0.973 bits per heavy atom. The number of thiazole rings is 3. The van der Waals surface area contributed by atoms with E-state index < -0.39 is 84.1 Å². The molecule has 0 bridgehead atoms. The number of piperazine rings is 3. The maximum Gasteiger partial charge on any atom is 0.338 e. The van der Waals surface area contributed by atoms with Crippen molar-refractivity contribution in [3.63, 3.8) is 0 Å². The molecule has 3 aromatic carbocycles. The summed E-state index contributed by atoms with van der Waals surface area (Å²) in [4.78, 5) is 72.4. The number of aliphatic imine (C=N–C) groups is 3. The van der Waals surface area contributed by atoms with Crippen LogP contribution in [0.25, 0.3) is 0 Å². The Kier molecular flexibility index (Phi) is 30.1. The van der Waals surface area contributed by atoms with Gasteiger partial charge in [0.15, 0.2) is 32.5 Å². The van der Waals surface area contributed by atoms with E-state index in [1.807, 2.05) is 16.1 Å². The number of amidine groups is 3. The Bertz CT molecular complexity index is 4460. The van der Waals surface area contributed by atoms with Gasteiger partial charge in [-0.2, -0.15) is 42.1 Å². The van der Waals surface area contributed by atoms with Crippen LogP contribution in [-0.4, -0.2) is 253 Å². The molecule has 31 nitrogen and oxygen atoms in total. The monoisotopic (exact) mass is 1740 g/mol. The number of hydrogen-bond donors (Lipinski definition) is 6. The zero-order valence-electron chi connectivity index (χ0n) is 58.0. The van der Waals surface area contributed by atoms with Crippen molar-refractivity contribution < 1.29 is 76.4 Å². The molecule has 6 fully saturated rings. The SMILES string of the molecule is C.C.COC(=O)C1=C(CN2CCN3C(CNS3(=O)=O)C2)NC(c2nccs2)=N[C@H]1c1ccc(F)cc1Cl.COC(=O)C1=C(CN2CCN3[C@@H](CNS3(=O)=O)C2)NC(c2nccs2)=N[C@H]1c1ccc(F)cc1Cl.COC(=O)C1=C(CN2CCN3[C@H](CNS3(=O)=O)C2)NC(c2nccs2)=N[C@H]1c1ccc(F)cc1Cl.CSF.O. The van der Waals surface area contributed by atoms with Gasteiger partial charge in [0.2, 0.25) is 0 Å². The Labute approximate surface area is 670 Å². The van der Waals surface area contributed by atoms with Gasteiger partial charge >= 0.3 is 17.9 Å². The number of halogens is 7. The van der Waals surface area contributed by atoms with Crippen LogP contribution in [0.3, 0.4) is 0 Å². The lowest BCUT2D eigenvalue weighted by atomic mass is 9.95. The highest BCUT2D eigenvalue weighted by Gasteiger charge is 2.46. The maximum atomic E-state index is 13.8. The molecule has 1 unspecified atom stereocenters. The van der Waals surface area contributed by atoms with E-state index in [0.717, 1.165) is 0 Å². The highest BCUT2D eigenvalue weighted by atomic mass is 35.5. The summed E-state index contributed by atoms with van der Waals surface area (Å²) in [6.07, 6.45) is 6.32. The fourth-order valence-corrected chi connectivity index (χ4v) is 20.4. The normalized spacial score (nSPS) is 23.4. The fourth-order valence-electron chi connectivity index (χ4n) is 13.5. The molecule has 602 valence electrons. The lowest BCUT2D eigenvalue weighted by molar-refractivity contribution is -0.137. The summed E-state index contributed by atoms with van der Waals surface area (Å²) in [5.41, 5.74) is 3.76. The molecule has 9 aliphatic heterocycles. The molecular formula is C66H79Cl3F4N18O13S7. The predicted octanol–water partition coefficient (Wildman–Crippen LogP) is 5.55. The lowest BCUT2D eigenvalue weighted by Gasteiger charge is -2.37. The molecule has 3 aromatic heterocycles. The summed E-state index contributed by atoms with van der Waals surface area (Å²) in [6, 6.07) is 8.71. The van der Waals surface area contributed by atoms with Crippen LogP contribution in [0.15, 0.2) is 138 Å². The molecule has 6 atom stereocenters. The molecule has 111 heavy (non-hydrogen) atoms. The van der Waals surface area contributed by atoms with Gasteiger partial charge in [-0.3, -0.25) is 29.7 Å². The number of aromatic nitrogens is 3. The highest BCUT2D eigenvalue weighted by Crippen LogP contribution is 2.41. The van der Waals surface area contributed by atoms with E-state index in [1.54, 1.807) is 18.6 Å². The van der Waals surface area contributed by atoms with E-state index in [0.29, 0.717) is 164 Å². The Morgan fingerprint density at radius 2 is 0.748 bits per heavy atom. The van der Waals surface area contributed by atoms with Gasteiger partial charge in [-0.05, 0) is 36.4 Å². The van der Waals surface area contributed by atoms with E-state index in [-0.39, 0.29) is 82.4 Å². The number of hydrogen-bond acceptors (Lipinski definition) is 28. The molecule has 45 heteroatoms. The van der Waals surface area contributed by atoms with Gasteiger partial charge < -0.3 is 35.6 Å². The van der Waals surface area contributed by atoms with Gasteiger partial charge in [0, 0.05) is 200 Å². The summed E-state index contributed by atoms with van der Waals surface area (Å²) in [6.45, 7) is 5.81. The Balaban J connectivity index is 0.000000185. The molecule has 0 amide bonds. The minimum atomic E-state index is -3.44. The number of fused-ring (bicyclic) bond motifs is 3. The van der Waals surface area contributed by atoms with Crippen LogP contribution in [-0.2, 0) is 59.2 Å². The molecule has 9 aliphatic rings. The first-order valence-electron chi connectivity index (χ1n) is 32.9. The smallest absolute Gasteiger partial charge is 0.338 e. The number of rotatable bonds is 15. The number of carbonyl (C=O) groups excluding carboxylic acids is 3. The van der Waals surface area contributed by atoms with E-state index in [4.69, 9.17) is 64.0 Å². The number of benzene rings is 3. The topological polar surface area (TPSA) is 380 Å². The van der Waals surface area contributed by atoms with Crippen molar-refractivity contribution in [3.8, 4) is 0 Å². The molecule has 0 saturated carbocycles. The molecule has 6 aromatic rings.